The van der Waals surface area contributed by atoms with E-state index in [1.165, 1.54) is 4.88 Å². The molecule has 0 atom stereocenters. The largest absolute Gasteiger partial charge is 0.492 e. The number of ether oxygens (including phenoxy) is 1. The number of amides is 1. The first kappa shape index (κ1) is 17.0. The summed E-state index contributed by atoms with van der Waals surface area (Å²) in [7, 11) is 0. The van der Waals surface area contributed by atoms with E-state index in [2.05, 4.69) is 11.8 Å². The van der Waals surface area contributed by atoms with E-state index < -0.39 is 0 Å². The van der Waals surface area contributed by atoms with Crippen molar-refractivity contribution in [1.29, 1.82) is 0 Å². The second-order valence-corrected chi connectivity index (χ2v) is 6.95. The van der Waals surface area contributed by atoms with Gasteiger partial charge in [-0.15, -0.1) is 11.3 Å². The molecule has 1 aromatic carbocycles. The molecule has 5 heteroatoms. The summed E-state index contributed by atoms with van der Waals surface area (Å²) in [5, 5.41) is 1.99. The van der Waals surface area contributed by atoms with Gasteiger partial charge < -0.3 is 9.64 Å². The predicted molar refractivity (Wildman–Crippen MR) is 98.0 cm³/mol. The molecule has 4 nitrogen and oxygen atoms in total. The molecule has 1 fully saturated rings. The van der Waals surface area contributed by atoms with Crippen LogP contribution in [0.15, 0.2) is 41.8 Å². The Morgan fingerprint density at radius 2 is 1.92 bits per heavy atom. The first-order valence-electron chi connectivity index (χ1n) is 8.53. The maximum atomic E-state index is 12.5. The van der Waals surface area contributed by atoms with E-state index >= 15 is 0 Å². The minimum atomic E-state index is 0.172. The zero-order chi connectivity index (χ0) is 16.8. The van der Waals surface area contributed by atoms with E-state index in [9.17, 15) is 4.79 Å². The van der Waals surface area contributed by atoms with Crippen molar-refractivity contribution >= 4 is 17.2 Å². The summed E-state index contributed by atoms with van der Waals surface area (Å²) in [6.45, 7) is 7.11. The maximum Gasteiger partial charge on any atom is 0.254 e. The first-order valence-corrected chi connectivity index (χ1v) is 9.41. The highest BCUT2D eigenvalue weighted by Crippen LogP contribution is 2.18. The van der Waals surface area contributed by atoms with Gasteiger partial charge in [0.1, 0.15) is 12.4 Å². The van der Waals surface area contributed by atoms with Crippen LogP contribution in [0.3, 0.4) is 0 Å². The molecule has 0 spiro atoms. The van der Waals surface area contributed by atoms with Gasteiger partial charge in [0.05, 0.1) is 5.56 Å². The number of rotatable bonds is 6. The highest BCUT2D eigenvalue weighted by Gasteiger charge is 2.22. The number of hydrogen-bond donors (Lipinski definition) is 0. The van der Waals surface area contributed by atoms with Gasteiger partial charge in [-0.3, -0.25) is 9.69 Å². The first-order chi connectivity index (χ1) is 11.8. The summed E-state index contributed by atoms with van der Waals surface area (Å²) in [6, 6.07) is 11.9. The summed E-state index contributed by atoms with van der Waals surface area (Å²) >= 11 is 1.68. The molecule has 2 heterocycles. The van der Waals surface area contributed by atoms with Crippen LogP contribution >= 0.6 is 11.3 Å². The molecular formula is C19H24N2O2S. The smallest absolute Gasteiger partial charge is 0.254 e. The molecule has 3 rings (SSSR count). The Bertz CT molecular complexity index is 648. The maximum absolute atomic E-state index is 12.5. The lowest BCUT2D eigenvalue weighted by Crippen LogP contribution is -2.49. The summed E-state index contributed by atoms with van der Waals surface area (Å²) in [6.07, 6.45) is 0.993. The van der Waals surface area contributed by atoms with Gasteiger partial charge in [-0.2, -0.15) is 0 Å². The van der Waals surface area contributed by atoms with Gasteiger partial charge in [-0.05, 0) is 24.6 Å². The molecule has 1 aromatic heterocycles. The van der Waals surface area contributed by atoms with E-state index in [1.807, 2.05) is 46.7 Å². The van der Waals surface area contributed by atoms with E-state index in [4.69, 9.17) is 4.74 Å². The molecule has 0 unspecified atom stereocenters. The van der Waals surface area contributed by atoms with Crippen LogP contribution in [0, 0.1) is 0 Å². The molecule has 0 N–H and O–H groups in total. The van der Waals surface area contributed by atoms with Crippen LogP contribution in [0.2, 0.25) is 0 Å². The minimum Gasteiger partial charge on any atom is -0.492 e. The lowest BCUT2D eigenvalue weighted by molar-refractivity contribution is 0.0621. The fourth-order valence-electron chi connectivity index (χ4n) is 2.84. The molecule has 0 aliphatic carbocycles. The van der Waals surface area contributed by atoms with Crippen molar-refractivity contribution in [2.45, 2.75) is 13.3 Å². The monoisotopic (exact) mass is 344 g/mol. The fourth-order valence-corrected chi connectivity index (χ4v) is 3.65. The van der Waals surface area contributed by atoms with Crippen molar-refractivity contribution in [1.82, 2.24) is 9.80 Å². The van der Waals surface area contributed by atoms with E-state index in [1.54, 1.807) is 11.3 Å². The van der Waals surface area contributed by atoms with Gasteiger partial charge in [-0.25, -0.2) is 0 Å². The van der Waals surface area contributed by atoms with Crippen LogP contribution < -0.4 is 4.74 Å². The molecule has 128 valence electrons. The van der Waals surface area contributed by atoms with Crippen LogP contribution in [0.4, 0.5) is 0 Å². The molecule has 0 bridgehead atoms. The van der Waals surface area contributed by atoms with Gasteiger partial charge in [0.25, 0.3) is 5.91 Å². The van der Waals surface area contributed by atoms with Gasteiger partial charge in [0, 0.05) is 43.0 Å². The number of benzene rings is 1. The molecule has 1 amide bonds. The number of hydrogen-bond acceptors (Lipinski definition) is 4. The third-order valence-electron chi connectivity index (χ3n) is 4.33. The zero-order valence-corrected chi connectivity index (χ0v) is 14.9. The second kappa shape index (κ2) is 8.31. The standard InChI is InChI=1S/C19H24N2O2S/c1-2-18-14-16(15-24-18)19(22)21-10-8-20(9-11-21)12-13-23-17-6-4-3-5-7-17/h3-7,14-15H,2,8-13H2,1H3. The van der Waals surface area contributed by atoms with Gasteiger partial charge in [0.15, 0.2) is 0 Å². The van der Waals surface area contributed by atoms with Crippen molar-refractivity contribution in [2.24, 2.45) is 0 Å². The summed E-state index contributed by atoms with van der Waals surface area (Å²) in [4.78, 5) is 18.1. The normalized spacial score (nSPS) is 15.5. The Morgan fingerprint density at radius 3 is 2.58 bits per heavy atom. The highest BCUT2D eigenvalue weighted by molar-refractivity contribution is 7.10. The number of thiophene rings is 1. The Kier molecular flexibility index (Phi) is 5.88. The number of nitrogens with zero attached hydrogens (tertiary/aromatic N) is 2. The van der Waals surface area contributed by atoms with Crippen LogP contribution in [-0.2, 0) is 6.42 Å². The predicted octanol–water partition coefficient (Wildman–Crippen LogP) is 3.15. The highest BCUT2D eigenvalue weighted by atomic mass is 32.1. The Labute approximate surface area is 147 Å². The van der Waals surface area contributed by atoms with Crippen molar-refractivity contribution < 1.29 is 9.53 Å². The average Bonchev–Trinajstić information content (AvgIpc) is 3.12. The van der Waals surface area contributed by atoms with Crippen LogP contribution in [0.5, 0.6) is 5.75 Å². The fraction of sp³-hybridized carbons (Fsp3) is 0.421. The van der Waals surface area contributed by atoms with Crippen molar-refractivity contribution in [3.8, 4) is 5.75 Å². The number of carbonyl (C=O) groups excluding carboxylic acids is 1. The van der Waals surface area contributed by atoms with Crippen molar-refractivity contribution in [2.75, 3.05) is 39.3 Å². The van der Waals surface area contributed by atoms with Crippen LogP contribution in [0.1, 0.15) is 22.2 Å². The number of piperazine rings is 1. The van der Waals surface area contributed by atoms with E-state index in [0.29, 0.717) is 6.61 Å². The number of para-hydroxylation sites is 1. The van der Waals surface area contributed by atoms with E-state index in [-0.39, 0.29) is 5.91 Å². The lowest BCUT2D eigenvalue weighted by atomic mass is 10.2. The summed E-state index contributed by atoms with van der Waals surface area (Å²) in [5.41, 5.74) is 0.845. The number of carbonyl (C=O) groups is 1. The van der Waals surface area contributed by atoms with E-state index in [0.717, 1.165) is 50.5 Å². The lowest BCUT2D eigenvalue weighted by Gasteiger charge is -2.34. The summed E-state index contributed by atoms with van der Waals surface area (Å²) in [5.74, 6) is 1.08. The SMILES string of the molecule is CCc1cc(C(=O)N2CCN(CCOc3ccccc3)CC2)cs1. The van der Waals surface area contributed by atoms with Crippen LogP contribution in [0.25, 0.3) is 0 Å². The topological polar surface area (TPSA) is 32.8 Å². The number of aryl methyl sites for hydroxylation is 1. The molecule has 2 aromatic rings. The van der Waals surface area contributed by atoms with Crippen molar-refractivity contribution in [3.05, 3.63) is 52.2 Å². The quantitative estimate of drug-likeness (QED) is 0.807. The molecule has 1 aliphatic heterocycles. The Morgan fingerprint density at radius 1 is 1.17 bits per heavy atom. The van der Waals surface area contributed by atoms with Crippen LogP contribution in [-0.4, -0.2) is 55.0 Å². The average molecular weight is 344 g/mol. The Balaban J connectivity index is 1.41. The molecule has 1 aliphatic rings. The summed E-state index contributed by atoms with van der Waals surface area (Å²) < 4.78 is 5.75. The van der Waals surface area contributed by atoms with Crippen molar-refractivity contribution in [3.63, 3.8) is 0 Å². The zero-order valence-electron chi connectivity index (χ0n) is 14.1. The third-order valence-corrected chi connectivity index (χ3v) is 5.41. The molecular weight excluding hydrogens is 320 g/mol. The van der Waals surface area contributed by atoms with Gasteiger partial charge in [0.2, 0.25) is 0 Å². The minimum absolute atomic E-state index is 0.172. The third kappa shape index (κ3) is 4.36. The van der Waals surface area contributed by atoms with Gasteiger partial charge in [-0.1, -0.05) is 25.1 Å². The molecule has 0 radical (unpaired) electrons. The second-order valence-electron chi connectivity index (χ2n) is 5.95. The Hall–Kier alpha value is -1.85. The molecule has 1 saturated heterocycles. The molecule has 0 saturated carbocycles. The molecule has 24 heavy (non-hydrogen) atoms. The van der Waals surface area contributed by atoms with Gasteiger partial charge >= 0.3 is 0 Å².